The number of phenolic OH excluding ortho intramolecular Hbond substituents is 1. The van der Waals surface area contributed by atoms with Crippen molar-refractivity contribution < 1.29 is 74.4 Å². The summed E-state index contributed by atoms with van der Waals surface area (Å²) in [7, 11) is 0. The number of benzene rings is 1. The molecule has 0 radical (unpaired) electrons. The predicted molar refractivity (Wildman–Crippen MR) is 283 cm³/mol. The first kappa shape index (κ1) is 64.8. The van der Waals surface area contributed by atoms with Gasteiger partial charge in [-0.1, -0.05) is 77.8 Å². The van der Waals surface area contributed by atoms with Crippen molar-refractivity contribution >= 4 is 41.1 Å². The third kappa shape index (κ3) is 19.0. The molecule has 3 aliphatic heterocycles. The number of phenols is 1. The van der Waals surface area contributed by atoms with Crippen LogP contribution >= 0.6 is 0 Å². The van der Waals surface area contributed by atoms with Gasteiger partial charge in [-0.15, -0.1) is 0 Å². The van der Waals surface area contributed by atoms with Crippen molar-refractivity contribution in [1.29, 1.82) is 0 Å². The van der Waals surface area contributed by atoms with Gasteiger partial charge < -0.3 is 78.1 Å². The van der Waals surface area contributed by atoms with E-state index in [1.807, 2.05) is 0 Å². The summed E-state index contributed by atoms with van der Waals surface area (Å²) in [6, 6.07) is -1.75. The molecule has 23 nitrogen and oxygen atoms in total. The van der Waals surface area contributed by atoms with Crippen molar-refractivity contribution in [2.75, 3.05) is 32.7 Å². The molecule has 0 aromatic heterocycles. The standard InChI is InChI=1S/C54H90N8O15/c1-5-30(2)24-31(3)12-10-8-6-7-9-11-13-45(71)58-38-28-44(70)50(57-22-21-56)60-52(75)47-41(67)19-23-61(47)53(76)37(40(66)18-20-55)27-42(68)36(49(73)48(72)33-14-16-34(64)17-15-33)26-43(69)39-25-35(65)29-62(39)54(77)46(32(4)63)59-51(38)74/h14-17,30-32,35-41,44,46-50,57,63-67,70,72-73H,5-13,18-29,55-56H2,1-4H3,(H,58,71)(H,59,74)(H,60,75)/t30?,31?,32-,35-,36-,37+,38+,39+,40-,41+,44-,46+,47+,48+,49+,50+/m1/s1. The summed E-state index contributed by atoms with van der Waals surface area (Å²) in [4.78, 5) is 103. The number of Topliss-reactive ketones (excluding diaryl/α,β-unsaturated/α-hetero) is 2. The largest absolute Gasteiger partial charge is 0.508 e. The van der Waals surface area contributed by atoms with Crippen LogP contribution < -0.4 is 32.7 Å². The van der Waals surface area contributed by atoms with E-state index in [1.165, 1.54) is 37.6 Å². The fourth-order valence-electron chi connectivity index (χ4n) is 10.8. The number of fused-ring (bicyclic) bond motifs is 2. The van der Waals surface area contributed by atoms with Crippen LogP contribution in [0.4, 0.5) is 0 Å². The molecule has 23 heteroatoms. The minimum absolute atomic E-state index is 0.00896. The molecular formula is C54H90N8O15. The second kappa shape index (κ2) is 31.8. The number of nitrogens with one attached hydrogen (secondary N) is 4. The molecule has 16 N–H and O–H groups in total. The Labute approximate surface area is 452 Å². The van der Waals surface area contributed by atoms with Crippen molar-refractivity contribution in [2.24, 2.45) is 35.1 Å². The molecule has 3 saturated heterocycles. The molecule has 3 aliphatic rings. The van der Waals surface area contributed by atoms with Crippen LogP contribution in [0.2, 0.25) is 0 Å². The average molecular weight is 1090 g/mol. The zero-order chi connectivity index (χ0) is 57.1. The van der Waals surface area contributed by atoms with E-state index in [9.17, 15) is 74.4 Å². The molecule has 1 aromatic rings. The summed E-state index contributed by atoms with van der Waals surface area (Å²) in [5, 5.41) is 100. The number of nitrogens with zero attached hydrogens (tertiary/aromatic N) is 2. The van der Waals surface area contributed by atoms with Crippen LogP contribution in [0, 0.1) is 23.7 Å². The van der Waals surface area contributed by atoms with Gasteiger partial charge in [0.05, 0.1) is 54.5 Å². The topological polar surface area (TPSA) is 388 Å². The van der Waals surface area contributed by atoms with Crippen LogP contribution in [0.1, 0.15) is 142 Å². The van der Waals surface area contributed by atoms with Gasteiger partial charge in [-0.05, 0) is 68.7 Å². The highest BCUT2D eigenvalue weighted by Gasteiger charge is 2.49. The van der Waals surface area contributed by atoms with Gasteiger partial charge in [-0.3, -0.25) is 38.9 Å². The molecule has 0 spiro atoms. The smallest absolute Gasteiger partial charge is 0.248 e. The lowest BCUT2D eigenvalue weighted by molar-refractivity contribution is -0.150. The number of aromatic hydroxyl groups is 1. The lowest BCUT2D eigenvalue weighted by Crippen LogP contribution is -2.62. The van der Waals surface area contributed by atoms with Crippen molar-refractivity contribution in [1.82, 2.24) is 31.1 Å². The highest BCUT2D eigenvalue weighted by atomic mass is 16.3. The van der Waals surface area contributed by atoms with E-state index >= 15 is 0 Å². The number of nitrogens with two attached hydrogens (primary N) is 2. The number of aliphatic hydroxyl groups excluding tert-OH is 7. The SMILES string of the molecule is CCC(C)CC(C)CCCCCCCCC(=O)N[C@H]1C[C@@H](O)[C@@H](NCCN)NC(=O)[C@@H]2[C@@H](O)CCN2C(=O)[C@H]([C@H](O)CCN)CC(=O)[C@H]([C@H](O)[C@@H](O)c2ccc(O)cc2)CC(=O)[C@@H]2C[C@@H](O)CN2C(=O)[C@H]([C@@H](C)O)NC1=O. The van der Waals surface area contributed by atoms with Gasteiger partial charge in [0, 0.05) is 58.3 Å². The summed E-state index contributed by atoms with van der Waals surface area (Å²) in [5.41, 5.74) is 11.6. The first-order valence-electron chi connectivity index (χ1n) is 27.8. The maximum atomic E-state index is 14.7. The molecule has 436 valence electrons. The Kier molecular flexibility index (Phi) is 26.8. The summed E-state index contributed by atoms with van der Waals surface area (Å²) >= 11 is 0. The molecule has 16 atom stereocenters. The van der Waals surface area contributed by atoms with Crippen LogP contribution in [0.25, 0.3) is 0 Å². The van der Waals surface area contributed by atoms with Crippen LogP contribution in [0.5, 0.6) is 5.75 Å². The van der Waals surface area contributed by atoms with E-state index < -0.39 is 158 Å². The molecule has 0 bridgehead atoms. The van der Waals surface area contributed by atoms with E-state index in [1.54, 1.807) is 0 Å². The van der Waals surface area contributed by atoms with Gasteiger partial charge >= 0.3 is 0 Å². The molecular weight excluding hydrogens is 1000 g/mol. The zero-order valence-corrected chi connectivity index (χ0v) is 45.4. The zero-order valence-electron chi connectivity index (χ0n) is 45.4. The molecule has 3 fully saturated rings. The number of carbonyl (C=O) groups is 7. The lowest BCUT2D eigenvalue weighted by Gasteiger charge is -2.34. The molecule has 4 rings (SSSR count). The van der Waals surface area contributed by atoms with Crippen LogP contribution in [-0.4, -0.2) is 191 Å². The summed E-state index contributed by atoms with van der Waals surface area (Å²) < 4.78 is 0. The minimum atomic E-state index is -2.10. The first-order chi connectivity index (χ1) is 36.5. The van der Waals surface area contributed by atoms with E-state index in [2.05, 4.69) is 42.0 Å². The monoisotopic (exact) mass is 1090 g/mol. The Hall–Kier alpha value is -4.69. The Morgan fingerprint density at radius 2 is 1.40 bits per heavy atom. The number of hydrogen-bond donors (Lipinski definition) is 14. The maximum Gasteiger partial charge on any atom is 0.248 e. The molecule has 1 aromatic carbocycles. The average Bonchev–Trinajstić information content (AvgIpc) is 3.99. The molecule has 0 aliphatic carbocycles. The first-order valence-corrected chi connectivity index (χ1v) is 27.8. The van der Waals surface area contributed by atoms with Crippen molar-refractivity contribution in [3.8, 4) is 5.75 Å². The Balaban J connectivity index is 1.73. The number of unbranched alkanes of at least 4 members (excludes halogenated alkanes) is 5. The Morgan fingerprint density at radius 3 is 2.04 bits per heavy atom. The quantitative estimate of drug-likeness (QED) is 0.0577. The van der Waals surface area contributed by atoms with Crippen molar-refractivity contribution in [3.63, 3.8) is 0 Å². The van der Waals surface area contributed by atoms with E-state index in [-0.39, 0.29) is 56.8 Å². The van der Waals surface area contributed by atoms with E-state index in [0.29, 0.717) is 18.3 Å². The molecule has 2 unspecified atom stereocenters. The molecule has 0 saturated carbocycles. The number of ketones is 2. The van der Waals surface area contributed by atoms with Crippen LogP contribution in [0.15, 0.2) is 24.3 Å². The number of amides is 5. The summed E-state index contributed by atoms with van der Waals surface area (Å²) in [5.74, 6) is -9.05. The van der Waals surface area contributed by atoms with Gasteiger partial charge in [0.2, 0.25) is 29.5 Å². The fraction of sp³-hybridized carbons (Fsp3) is 0.759. The molecule has 77 heavy (non-hydrogen) atoms. The van der Waals surface area contributed by atoms with Gasteiger partial charge in [-0.2, -0.15) is 0 Å². The second-order valence-electron chi connectivity index (χ2n) is 21.8. The van der Waals surface area contributed by atoms with Crippen LogP contribution in [0.3, 0.4) is 0 Å². The van der Waals surface area contributed by atoms with Gasteiger partial charge in [0.25, 0.3) is 0 Å². The normalized spacial score (nSPS) is 28.8. The van der Waals surface area contributed by atoms with Crippen molar-refractivity contribution in [3.05, 3.63) is 29.8 Å². The predicted octanol–water partition coefficient (Wildman–Crippen LogP) is -1.13. The van der Waals surface area contributed by atoms with Gasteiger partial charge in [-0.25, -0.2) is 0 Å². The summed E-state index contributed by atoms with van der Waals surface area (Å²) in [6.45, 7) is 6.97. The Morgan fingerprint density at radius 1 is 0.753 bits per heavy atom. The van der Waals surface area contributed by atoms with Gasteiger partial charge in [0.15, 0.2) is 5.78 Å². The molecule has 3 heterocycles. The molecule has 5 amide bonds. The number of aliphatic hydroxyl groups is 7. The summed E-state index contributed by atoms with van der Waals surface area (Å²) in [6.07, 6.45) is -7.87. The third-order valence-electron chi connectivity index (χ3n) is 15.5. The highest BCUT2D eigenvalue weighted by molar-refractivity contribution is 5.98. The number of hydrogen-bond acceptors (Lipinski definition) is 18. The fourth-order valence-corrected chi connectivity index (χ4v) is 10.8. The minimum Gasteiger partial charge on any atom is -0.508 e. The Bertz CT molecular complexity index is 2070. The van der Waals surface area contributed by atoms with E-state index in [0.717, 1.165) is 54.7 Å². The van der Waals surface area contributed by atoms with Crippen molar-refractivity contribution in [2.45, 2.75) is 203 Å². The van der Waals surface area contributed by atoms with Gasteiger partial charge in [0.1, 0.15) is 41.9 Å². The number of rotatable bonds is 23. The van der Waals surface area contributed by atoms with E-state index in [4.69, 9.17) is 11.5 Å². The third-order valence-corrected chi connectivity index (χ3v) is 15.5. The maximum absolute atomic E-state index is 14.7. The number of carbonyl (C=O) groups excluding carboxylic acids is 7. The second-order valence-corrected chi connectivity index (χ2v) is 21.8. The highest BCUT2D eigenvalue weighted by Crippen LogP contribution is 2.33. The van der Waals surface area contributed by atoms with Crippen LogP contribution in [-0.2, 0) is 33.6 Å². The lowest BCUT2D eigenvalue weighted by atomic mass is 9.80.